The van der Waals surface area contributed by atoms with Crippen molar-refractivity contribution in [1.29, 1.82) is 0 Å². The van der Waals surface area contributed by atoms with Gasteiger partial charge in [-0.1, -0.05) is 17.7 Å². The number of aryl methyl sites for hydroxylation is 1. The molecule has 1 saturated heterocycles. The summed E-state index contributed by atoms with van der Waals surface area (Å²) in [5.74, 6) is -0.0760. The molecule has 1 heterocycles. The minimum absolute atomic E-state index is 0.0286. The Morgan fingerprint density at radius 2 is 1.78 bits per heavy atom. The van der Waals surface area contributed by atoms with Gasteiger partial charge in [-0.3, -0.25) is 4.79 Å². The smallest absolute Gasteiger partial charge is 0.427 e. The van der Waals surface area contributed by atoms with Crippen LogP contribution in [-0.4, -0.2) is 41.1 Å². The first kappa shape index (κ1) is 13.1. The summed E-state index contributed by atoms with van der Waals surface area (Å²) < 4.78 is 0. The van der Waals surface area contributed by atoms with E-state index in [0.29, 0.717) is 31.5 Å². The number of likely N-dealkylation sites (tertiary alicyclic amines) is 1. The zero-order chi connectivity index (χ0) is 13.1. The SMILES string of the molecule is Cc1ccc(C(=O)N2CCC(B(O)O)CC2)cc1. The maximum absolute atomic E-state index is 12.2. The maximum Gasteiger partial charge on any atom is 0.454 e. The lowest BCUT2D eigenvalue weighted by atomic mass is 9.67. The van der Waals surface area contributed by atoms with E-state index < -0.39 is 7.12 Å². The Morgan fingerprint density at radius 1 is 1.22 bits per heavy atom. The monoisotopic (exact) mass is 247 g/mol. The van der Waals surface area contributed by atoms with Gasteiger partial charge in [0.2, 0.25) is 0 Å². The number of rotatable bonds is 2. The molecule has 0 aromatic heterocycles. The van der Waals surface area contributed by atoms with E-state index in [1.807, 2.05) is 31.2 Å². The standard InChI is InChI=1S/C13H18BNO3/c1-10-2-4-11(5-3-10)13(16)15-8-6-12(7-9-15)14(17)18/h2-5,12,17-18H,6-9H2,1H3. The highest BCUT2D eigenvalue weighted by Crippen LogP contribution is 2.24. The topological polar surface area (TPSA) is 60.8 Å². The van der Waals surface area contributed by atoms with E-state index in [1.165, 1.54) is 0 Å². The fourth-order valence-corrected chi connectivity index (χ4v) is 2.28. The molecule has 1 amide bonds. The van der Waals surface area contributed by atoms with E-state index in [9.17, 15) is 4.79 Å². The first-order chi connectivity index (χ1) is 8.58. The summed E-state index contributed by atoms with van der Waals surface area (Å²) in [6.45, 7) is 3.17. The Kier molecular flexibility index (Phi) is 4.04. The van der Waals surface area contributed by atoms with Gasteiger partial charge in [-0.15, -0.1) is 0 Å². The van der Waals surface area contributed by atoms with Crippen LogP contribution in [0.25, 0.3) is 0 Å². The van der Waals surface area contributed by atoms with Gasteiger partial charge >= 0.3 is 7.12 Å². The van der Waals surface area contributed by atoms with Crippen molar-refractivity contribution in [3.8, 4) is 0 Å². The van der Waals surface area contributed by atoms with E-state index in [2.05, 4.69) is 0 Å². The Bertz CT molecular complexity index is 411. The average Bonchev–Trinajstić information content (AvgIpc) is 2.39. The second-order valence-corrected chi connectivity index (χ2v) is 4.91. The maximum atomic E-state index is 12.2. The molecule has 1 aliphatic heterocycles. The van der Waals surface area contributed by atoms with Gasteiger partial charge in [-0.2, -0.15) is 0 Å². The molecule has 4 nitrogen and oxygen atoms in total. The zero-order valence-corrected chi connectivity index (χ0v) is 10.5. The number of benzene rings is 1. The van der Waals surface area contributed by atoms with E-state index in [0.717, 1.165) is 5.56 Å². The van der Waals surface area contributed by atoms with Gasteiger partial charge in [0, 0.05) is 18.7 Å². The summed E-state index contributed by atoms with van der Waals surface area (Å²) >= 11 is 0. The highest BCUT2D eigenvalue weighted by atomic mass is 16.4. The first-order valence-corrected chi connectivity index (χ1v) is 6.30. The van der Waals surface area contributed by atoms with Crippen molar-refractivity contribution in [3.63, 3.8) is 0 Å². The summed E-state index contributed by atoms with van der Waals surface area (Å²) in [4.78, 5) is 14.0. The molecule has 0 unspecified atom stereocenters. The molecular weight excluding hydrogens is 229 g/mol. The Balaban J connectivity index is 1.97. The van der Waals surface area contributed by atoms with Crippen molar-refractivity contribution in [1.82, 2.24) is 4.90 Å². The fourth-order valence-electron chi connectivity index (χ4n) is 2.28. The van der Waals surface area contributed by atoms with Crippen LogP contribution < -0.4 is 0 Å². The van der Waals surface area contributed by atoms with Crippen LogP contribution in [0, 0.1) is 6.92 Å². The first-order valence-electron chi connectivity index (χ1n) is 6.30. The lowest BCUT2D eigenvalue weighted by Gasteiger charge is -2.31. The number of nitrogens with zero attached hydrogens (tertiary/aromatic N) is 1. The molecule has 1 aromatic rings. The molecule has 2 N–H and O–H groups in total. The van der Waals surface area contributed by atoms with Crippen molar-refractivity contribution < 1.29 is 14.8 Å². The zero-order valence-electron chi connectivity index (χ0n) is 10.5. The van der Waals surface area contributed by atoms with Crippen LogP contribution in [0.3, 0.4) is 0 Å². The van der Waals surface area contributed by atoms with Gasteiger partial charge < -0.3 is 14.9 Å². The summed E-state index contributed by atoms with van der Waals surface area (Å²) in [6, 6.07) is 7.53. The van der Waals surface area contributed by atoms with Gasteiger partial charge in [0.05, 0.1) is 0 Å². The van der Waals surface area contributed by atoms with Crippen LogP contribution >= 0.6 is 0 Å². The molecule has 0 radical (unpaired) electrons. The minimum atomic E-state index is -1.26. The molecule has 2 rings (SSSR count). The predicted molar refractivity (Wildman–Crippen MR) is 70.3 cm³/mol. The molecule has 5 heteroatoms. The third-order valence-corrected chi connectivity index (χ3v) is 3.55. The molecule has 18 heavy (non-hydrogen) atoms. The van der Waals surface area contributed by atoms with Crippen LogP contribution in [0.5, 0.6) is 0 Å². The predicted octanol–water partition coefficient (Wildman–Crippen LogP) is 1.07. The molecule has 1 fully saturated rings. The molecular formula is C13H18BNO3. The quantitative estimate of drug-likeness (QED) is 0.768. The third kappa shape index (κ3) is 2.92. The molecule has 0 saturated carbocycles. The van der Waals surface area contributed by atoms with E-state index in [4.69, 9.17) is 10.0 Å². The Labute approximate surface area is 107 Å². The summed E-state index contributed by atoms with van der Waals surface area (Å²) in [7, 11) is -1.26. The number of amides is 1. The molecule has 0 spiro atoms. The number of carbonyl (C=O) groups is 1. The highest BCUT2D eigenvalue weighted by Gasteiger charge is 2.30. The van der Waals surface area contributed by atoms with Gasteiger partial charge in [0.25, 0.3) is 5.91 Å². The van der Waals surface area contributed by atoms with Gasteiger partial charge in [-0.05, 0) is 37.7 Å². The van der Waals surface area contributed by atoms with E-state index in [1.54, 1.807) is 4.90 Å². The van der Waals surface area contributed by atoms with Gasteiger partial charge in [-0.25, -0.2) is 0 Å². The summed E-state index contributed by atoms with van der Waals surface area (Å²) in [5.41, 5.74) is 1.83. The normalized spacial score (nSPS) is 16.7. The third-order valence-electron chi connectivity index (χ3n) is 3.55. The van der Waals surface area contributed by atoms with Crippen LogP contribution in [0.1, 0.15) is 28.8 Å². The van der Waals surface area contributed by atoms with Crippen LogP contribution in [0.15, 0.2) is 24.3 Å². The number of piperidine rings is 1. The van der Waals surface area contributed by atoms with Gasteiger partial charge in [0.15, 0.2) is 0 Å². The fraction of sp³-hybridized carbons (Fsp3) is 0.462. The van der Waals surface area contributed by atoms with Crippen LogP contribution in [-0.2, 0) is 0 Å². The second kappa shape index (κ2) is 5.54. The largest absolute Gasteiger partial charge is 0.454 e. The van der Waals surface area contributed by atoms with Crippen molar-refractivity contribution >= 4 is 13.0 Å². The summed E-state index contributed by atoms with van der Waals surface area (Å²) in [6.07, 6.45) is 1.30. The lowest BCUT2D eigenvalue weighted by molar-refractivity contribution is 0.0718. The second-order valence-electron chi connectivity index (χ2n) is 4.91. The van der Waals surface area contributed by atoms with E-state index >= 15 is 0 Å². The summed E-state index contributed by atoms with van der Waals surface area (Å²) in [5, 5.41) is 18.2. The van der Waals surface area contributed by atoms with Crippen LogP contribution in [0.4, 0.5) is 0 Å². The number of carbonyl (C=O) groups excluding carboxylic acids is 1. The van der Waals surface area contributed by atoms with Crippen molar-refractivity contribution in [2.24, 2.45) is 0 Å². The van der Waals surface area contributed by atoms with Gasteiger partial charge in [0.1, 0.15) is 0 Å². The van der Waals surface area contributed by atoms with Crippen molar-refractivity contribution in [3.05, 3.63) is 35.4 Å². The Hall–Kier alpha value is -1.33. The molecule has 1 aromatic carbocycles. The molecule has 0 bridgehead atoms. The van der Waals surface area contributed by atoms with Crippen LogP contribution in [0.2, 0.25) is 5.82 Å². The average molecular weight is 247 g/mol. The molecule has 1 aliphatic rings. The lowest BCUT2D eigenvalue weighted by Crippen LogP contribution is -2.40. The molecule has 96 valence electrons. The number of hydrogen-bond acceptors (Lipinski definition) is 3. The van der Waals surface area contributed by atoms with Crippen molar-refractivity contribution in [2.75, 3.05) is 13.1 Å². The minimum Gasteiger partial charge on any atom is -0.427 e. The highest BCUT2D eigenvalue weighted by molar-refractivity contribution is 6.43. The molecule has 0 aliphatic carbocycles. The Morgan fingerprint density at radius 3 is 2.28 bits per heavy atom. The molecule has 0 atom stereocenters. The van der Waals surface area contributed by atoms with Crippen molar-refractivity contribution in [2.45, 2.75) is 25.6 Å². The van der Waals surface area contributed by atoms with E-state index in [-0.39, 0.29) is 11.7 Å². The number of hydrogen-bond donors (Lipinski definition) is 2.